The molecule has 0 spiro atoms. The van der Waals surface area contributed by atoms with Gasteiger partial charge in [0.15, 0.2) is 5.16 Å². The molecule has 4 heteroatoms. The summed E-state index contributed by atoms with van der Waals surface area (Å²) in [6, 6.07) is 8.52. The van der Waals surface area contributed by atoms with E-state index in [1.54, 1.807) is 11.8 Å². The van der Waals surface area contributed by atoms with Crippen LogP contribution in [0.3, 0.4) is 0 Å². The standard InChI is InChI=1S/C21H26N2OS/c1-2-3-12-25-21-22-19-16-11-7-6-10-15(16)13-17(14-8-4-5-9-14)18(19)20(24)23-21/h6-7,10-11,14,17H,2-5,8-9,12-13H2,1H3,(H,22,23,24)/t17-/m1/s1. The average molecular weight is 355 g/mol. The molecule has 0 unspecified atom stereocenters. The first-order chi connectivity index (χ1) is 12.3. The molecule has 1 fully saturated rings. The summed E-state index contributed by atoms with van der Waals surface area (Å²) in [6.45, 7) is 2.19. The summed E-state index contributed by atoms with van der Waals surface area (Å²) in [4.78, 5) is 21.0. The average Bonchev–Trinajstić information content (AvgIpc) is 3.16. The fourth-order valence-corrected chi connectivity index (χ4v) is 5.37. The minimum Gasteiger partial charge on any atom is -0.301 e. The fraction of sp³-hybridized carbons (Fsp3) is 0.524. The number of H-pyrrole nitrogens is 1. The van der Waals surface area contributed by atoms with Crippen LogP contribution in [-0.4, -0.2) is 15.7 Å². The number of hydrogen-bond acceptors (Lipinski definition) is 3. The van der Waals surface area contributed by atoms with Crippen molar-refractivity contribution in [1.29, 1.82) is 0 Å². The Morgan fingerprint density at radius 2 is 2.04 bits per heavy atom. The van der Waals surface area contributed by atoms with E-state index in [0.29, 0.717) is 11.8 Å². The smallest absolute Gasteiger partial charge is 0.255 e. The topological polar surface area (TPSA) is 45.8 Å². The van der Waals surface area contributed by atoms with Gasteiger partial charge < -0.3 is 4.98 Å². The zero-order valence-electron chi connectivity index (χ0n) is 14.9. The van der Waals surface area contributed by atoms with Gasteiger partial charge in [0.05, 0.1) is 5.69 Å². The summed E-state index contributed by atoms with van der Waals surface area (Å²) in [5.41, 5.74) is 4.51. The molecule has 0 aliphatic heterocycles. The van der Waals surface area contributed by atoms with Gasteiger partial charge >= 0.3 is 0 Å². The van der Waals surface area contributed by atoms with Crippen molar-refractivity contribution in [2.75, 3.05) is 5.75 Å². The van der Waals surface area contributed by atoms with Gasteiger partial charge in [-0.25, -0.2) is 4.98 Å². The Morgan fingerprint density at radius 1 is 1.24 bits per heavy atom. The normalized spacial score (nSPS) is 19.6. The zero-order chi connectivity index (χ0) is 17.2. The predicted molar refractivity (Wildman–Crippen MR) is 104 cm³/mol. The van der Waals surface area contributed by atoms with Crippen molar-refractivity contribution in [2.24, 2.45) is 5.92 Å². The lowest BCUT2D eigenvalue weighted by Gasteiger charge is -2.30. The lowest BCUT2D eigenvalue weighted by atomic mass is 9.74. The van der Waals surface area contributed by atoms with Crippen LogP contribution in [0.15, 0.2) is 34.2 Å². The molecule has 0 saturated heterocycles. The highest BCUT2D eigenvalue weighted by Gasteiger charge is 2.35. The monoisotopic (exact) mass is 354 g/mol. The molecule has 1 atom stereocenters. The second kappa shape index (κ2) is 7.36. The van der Waals surface area contributed by atoms with E-state index in [-0.39, 0.29) is 5.56 Å². The highest BCUT2D eigenvalue weighted by atomic mass is 32.2. The first kappa shape index (κ1) is 16.9. The largest absolute Gasteiger partial charge is 0.301 e. The molecule has 1 heterocycles. The number of hydrogen-bond donors (Lipinski definition) is 1. The lowest BCUT2D eigenvalue weighted by Crippen LogP contribution is -2.28. The molecule has 1 aromatic heterocycles. The number of fused-ring (bicyclic) bond motifs is 3. The first-order valence-corrected chi connectivity index (χ1v) is 10.6. The Hall–Kier alpha value is -1.55. The summed E-state index contributed by atoms with van der Waals surface area (Å²) < 4.78 is 0. The summed E-state index contributed by atoms with van der Waals surface area (Å²) in [5.74, 6) is 1.97. The highest BCUT2D eigenvalue weighted by molar-refractivity contribution is 7.99. The van der Waals surface area contributed by atoms with Crippen LogP contribution in [0.25, 0.3) is 11.3 Å². The van der Waals surface area contributed by atoms with E-state index in [1.807, 2.05) is 0 Å². The third-order valence-electron chi connectivity index (χ3n) is 5.72. The molecule has 2 aromatic rings. The highest BCUT2D eigenvalue weighted by Crippen LogP contribution is 2.45. The third-order valence-corrected chi connectivity index (χ3v) is 6.68. The van der Waals surface area contributed by atoms with Crippen LogP contribution in [0.4, 0.5) is 0 Å². The van der Waals surface area contributed by atoms with Crippen molar-refractivity contribution in [3.8, 4) is 11.3 Å². The van der Waals surface area contributed by atoms with E-state index in [9.17, 15) is 4.79 Å². The fourth-order valence-electron chi connectivity index (χ4n) is 4.42. The maximum absolute atomic E-state index is 13.0. The van der Waals surface area contributed by atoms with E-state index in [0.717, 1.165) is 47.0 Å². The van der Waals surface area contributed by atoms with Gasteiger partial charge in [0.1, 0.15) is 0 Å². The number of nitrogens with one attached hydrogen (secondary N) is 1. The molecule has 2 aliphatic rings. The van der Waals surface area contributed by atoms with E-state index in [2.05, 4.69) is 36.2 Å². The van der Waals surface area contributed by atoms with Crippen LogP contribution in [0.2, 0.25) is 0 Å². The van der Waals surface area contributed by atoms with Crippen LogP contribution in [0.1, 0.15) is 62.5 Å². The lowest BCUT2D eigenvalue weighted by molar-refractivity contribution is 0.424. The minimum absolute atomic E-state index is 0.0930. The Balaban J connectivity index is 1.79. The number of unbranched alkanes of at least 4 members (excludes halogenated alkanes) is 1. The van der Waals surface area contributed by atoms with Gasteiger partial charge in [-0.1, -0.05) is 62.2 Å². The SMILES string of the molecule is CCCCSc1nc2c(c(=O)[nH]1)[C@@H](C1CCCC1)Cc1ccccc1-2. The second-order valence-corrected chi connectivity index (χ2v) is 8.43. The molecule has 1 saturated carbocycles. The van der Waals surface area contributed by atoms with Gasteiger partial charge in [0.2, 0.25) is 0 Å². The van der Waals surface area contributed by atoms with E-state index < -0.39 is 0 Å². The molecule has 1 N–H and O–H groups in total. The molecule has 4 rings (SSSR count). The van der Waals surface area contributed by atoms with Gasteiger partial charge in [-0.15, -0.1) is 0 Å². The molecule has 1 aromatic carbocycles. The molecule has 3 nitrogen and oxygen atoms in total. The molecule has 0 amide bonds. The number of thioether (sulfide) groups is 1. The number of benzene rings is 1. The van der Waals surface area contributed by atoms with Crippen molar-refractivity contribution >= 4 is 11.8 Å². The predicted octanol–water partition coefficient (Wildman–Crippen LogP) is 5.16. The molecular formula is C21H26N2OS. The van der Waals surface area contributed by atoms with Crippen LogP contribution < -0.4 is 5.56 Å². The van der Waals surface area contributed by atoms with Crippen molar-refractivity contribution in [3.05, 3.63) is 45.7 Å². The van der Waals surface area contributed by atoms with E-state index in [4.69, 9.17) is 4.98 Å². The second-order valence-electron chi connectivity index (χ2n) is 7.35. The molecule has 25 heavy (non-hydrogen) atoms. The van der Waals surface area contributed by atoms with E-state index >= 15 is 0 Å². The maximum Gasteiger partial charge on any atom is 0.255 e. The van der Waals surface area contributed by atoms with Crippen molar-refractivity contribution in [3.63, 3.8) is 0 Å². The molecule has 132 valence electrons. The Morgan fingerprint density at radius 3 is 2.84 bits per heavy atom. The molecular weight excluding hydrogens is 328 g/mol. The molecule has 0 radical (unpaired) electrons. The Kier molecular flexibility index (Phi) is 4.98. The van der Waals surface area contributed by atoms with E-state index in [1.165, 1.54) is 31.2 Å². The molecule has 2 aliphatic carbocycles. The summed E-state index contributed by atoms with van der Waals surface area (Å²) in [6.07, 6.45) is 8.39. The van der Waals surface area contributed by atoms with Gasteiger partial charge in [-0.3, -0.25) is 4.79 Å². The number of aromatic nitrogens is 2. The maximum atomic E-state index is 13.0. The molecule has 0 bridgehead atoms. The summed E-state index contributed by atoms with van der Waals surface area (Å²) in [7, 11) is 0. The van der Waals surface area contributed by atoms with Crippen LogP contribution in [0.5, 0.6) is 0 Å². The van der Waals surface area contributed by atoms with Gasteiger partial charge in [-0.05, 0) is 43.1 Å². The number of rotatable bonds is 5. The summed E-state index contributed by atoms with van der Waals surface area (Å²) in [5, 5.41) is 0.777. The van der Waals surface area contributed by atoms with Crippen molar-refractivity contribution in [1.82, 2.24) is 9.97 Å². The zero-order valence-corrected chi connectivity index (χ0v) is 15.7. The third kappa shape index (κ3) is 3.29. The minimum atomic E-state index is 0.0930. The quantitative estimate of drug-likeness (QED) is 0.458. The van der Waals surface area contributed by atoms with Crippen LogP contribution >= 0.6 is 11.8 Å². The first-order valence-electron chi connectivity index (χ1n) is 9.63. The van der Waals surface area contributed by atoms with Gasteiger partial charge in [-0.2, -0.15) is 0 Å². The number of nitrogens with zero attached hydrogens (tertiary/aromatic N) is 1. The van der Waals surface area contributed by atoms with Crippen molar-refractivity contribution in [2.45, 2.75) is 62.9 Å². The number of aromatic amines is 1. The van der Waals surface area contributed by atoms with Gasteiger partial charge in [0.25, 0.3) is 5.56 Å². The Bertz CT molecular complexity index is 808. The summed E-state index contributed by atoms with van der Waals surface area (Å²) >= 11 is 1.67. The van der Waals surface area contributed by atoms with Crippen LogP contribution in [-0.2, 0) is 6.42 Å². The van der Waals surface area contributed by atoms with Crippen LogP contribution in [0, 0.1) is 5.92 Å². The van der Waals surface area contributed by atoms with Crippen molar-refractivity contribution < 1.29 is 0 Å². The Labute approximate surface area is 153 Å². The van der Waals surface area contributed by atoms with Gasteiger partial charge in [0, 0.05) is 16.9 Å².